The Labute approximate surface area is 286 Å². The fraction of sp³-hybridized carbons (Fsp3) is 0.919. The zero-order chi connectivity index (χ0) is 35.3. The zero-order valence-corrected chi connectivity index (χ0v) is 29.4. The minimum atomic E-state index is -4.82. The minimum Gasteiger partial charge on any atom is -0.459 e. The van der Waals surface area contributed by atoms with E-state index in [2.05, 4.69) is 20.3 Å². The maximum atomic E-state index is 15.0. The molecule has 7 fully saturated rings. The molecule has 2 spiro atoms. The van der Waals surface area contributed by atoms with Crippen molar-refractivity contribution >= 4 is 0 Å². The van der Waals surface area contributed by atoms with Crippen LogP contribution < -0.4 is 0 Å². The van der Waals surface area contributed by atoms with Crippen molar-refractivity contribution in [3.05, 3.63) is 18.3 Å². The summed E-state index contributed by atoms with van der Waals surface area (Å²) in [6, 6.07) is 0. The van der Waals surface area contributed by atoms with Crippen molar-refractivity contribution in [2.45, 2.75) is 147 Å². The van der Waals surface area contributed by atoms with E-state index in [1.54, 1.807) is 6.92 Å². The number of alkyl halides is 6. The molecule has 279 valence electrons. The Hall–Kier alpha value is -1.08. The first kappa shape index (κ1) is 36.3. The summed E-state index contributed by atoms with van der Waals surface area (Å²) in [6.45, 7) is 9.00. The molecule has 4 aliphatic carbocycles. The summed E-state index contributed by atoms with van der Waals surface area (Å²) in [5, 5.41) is 0. The summed E-state index contributed by atoms with van der Waals surface area (Å²) in [6.07, 6.45) is -0.601. The molecule has 0 aromatic carbocycles. The molecule has 0 N–H and O–H groups in total. The molecule has 12 heteroatoms. The highest BCUT2D eigenvalue weighted by Crippen LogP contribution is 2.71. The lowest BCUT2D eigenvalue weighted by atomic mass is 9.47. The Morgan fingerprint density at radius 2 is 1.51 bits per heavy atom. The molecule has 7 rings (SSSR count). The highest BCUT2D eigenvalue weighted by Gasteiger charge is 2.77. The predicted octanol–water partition coefficient (Wildman–Crippen LogP) is 9.28. The topological polar surface area (TPSA) is 55.4 Å². The van der Waals surface area contributed by atoms with Gasteiger partial charge in [0.15, 0.2) is 6.29 Å². The van der Waals surface area contributed by atoms with Crippen LogP contribution in [0.5, 0.6) is 0 Å². The van der Waals surface area contributed by atoms with Crippen LogP contribution in [0.3, 0.4) is 0 Å². The van der Waals surface area contributed by atoms with Gasteiger partial charge >= 0.3 is 12.4 Å². The van der Waals surface area contributed by atoms with Gasteiger partial charge in [0, 0.05) is 23.4 Å². The van der Waals surface area contributed by atoms with E-state index in [1.165, 1.54) is 0 Å². The number of rotatable bonds is 9. The molecule has 3 saturated heterocycles. The van der Waals surface area contributed by atoms with E-state index < -0.39 is 71.0 Å². The molecule has 3 aliphatic heterocycles. The van der Waals surface area contributed by atoms with Crippen LogP contribution in [-0.4, -0.2) is 61.7 Å². The van der Waals surface area contributed by atoms with Gasteiger partial charge < -0.3 is 28.4 Å². The monoisotopic (exact) mass is 707 g/mol. The molecular weight excluding hydrogens is 654 g/mol. The largest absolute Gasteiger partial charge is 0.459 e. The van der Waals surface area contributed by atoms with E-state index in [9.17, 15) is 26.3 Å². The molecular formula is C37H53F6O6. The van der Waals surface area contributed by atoms with Crippen LogP contribution >= 0.6 is 0 Å². The molecule has 0 aromatic heterocycles. The molecule has 49 heavy (non-hydrogen) atoms. The van der Waals surface area contributed by atoms with Gasteiger partial charge in [-0.1, -0.05) is 33.6 Å². The van der Waals surface area contributed by atoms with Crippen LogP contribution in [0.1, 0.15) is 105 Å². The van der Waals surface area contributed by atoms with Gasteiger partial charge in [-0.3, -0.25) is 0 Å². The minimum absolute atomic E-state index is 0.0321. The fourth-order valence-corrected chi connectivity index (χ4v) is 11.9. The second-order valence-corrected chi connectivity index (χ2v) is 17.1. The van der Waals surface area contributed by atoms with Gasteiger partial charge in [0.25, 0.3) is 5.79 Å². The SMILES string of the molecule is C[C@@H]1CC[C@H]2[C@@H](C)[C@](OCCCOC/C=C(/O[C@@H]3O[C@@]4(C)CCC5[C@H](C)CC[CH][C@]53C4)C(F)(F)F)(C(F)(F)F)O[C@@H]3O[C@]4(C)CCC1[C@]32C4. The van der Waals surface area contributed by atoms with Crippen LogP contribution in [0.25, 0.3) is 0 Å². The summed E-state index contributed by atoms with van der Waals surface area (Å²) in [4.78, 5) is 0. The van der Waals surface area contributed by atoms with Gasteiger partial charge in [0.2, 0.25) is 12.0 Å². The molecule has 1 radical (unpaired) electrons. The smallest absolute Gasteiger partial charge is 0.448 e. The molecule has 0 amide bonds. The van der Waals surface area contributed by atoms with Gasteiger partial charge in [-0.25, -0.2) is 0 Å². The van der Waals surface area contributed by atoms with Crippen molar-refractivity contribution < 1.29 is 54.8 Å². The molecule has 4 saturated carbocycles. The van der Waals surface area contributed by atoms with E-state index >= 15 is 0 Å². The number of fused-ring (bicyclic) bond motifs is 2. The van der Waals surface area contributed by atoms with E-state index in [-0.39, 0.29) is 37.4 Å². The summed E-state index contributed by atoms with van der Waals surface area (Å²) in [5.41, 5.74) is -2.10. The molecule has 6 nitrogen and oxygen atoms in total. The summed E-state index contributed by atoms with van der Waals surface area (Å²) >= 11 is 0. The molecule has 13 atom stereocenters. The van der Waals surface area contributed by atoms with Crippen LogP contribution in [0.2, 0.25) is 0 Å². The van der Waals surface area contributed by atoms with Crippen molar-refractivity contribution in [2.75, 3.05) is 19.8 Å². The Kier molecular flexibility index (Phi) is 9.06. The third kappa shape index (κ3) is 5.79. The average Bonchev–Trinajstić information content (AvgIpc) is 3.34. The maximum Gasteiger partial charge on any atom is 0.448 e. The molecule has 3 heterocycles. The van der Waals surface area contributed by atoms with E-state index in [0.717, 1.165) is 51.0 Å². The van der Waals surface area contributed by atoms with Crippen molar-refractivity contribution in [3.63, 3.8) is 0 Å². The van der Waals surface area contributed by atoms with Crippen LogP contribution in [0, 0.1) is 52.8 Å². The highest BCUT2D eigenvalue weighted by atomic mass is 19.4. The van der Waals surface area contributed by atoms with Gasteiger partial charge in [0.1, 0.15) is 0 Å². The van der Waals surface area contributed by atoms with Crippen molar-refractivity contribution in [1.82, 2.24) is 0 Å². The van der Waals surface area contributed by atoms with E-state index in [1.807, 2.05) is 13.8 Å². The molecule has 2 unspecified atom stereocenters. The fourth-order valence-electron chi connectivity index (χ4n) is 11.9. The Morgan fingerprint density at radius 1 is 0.816 bits per heavy atom. The standard InChI is InChI=1S/C37H53F6O6/c1-22-8-6-14-33-20-31(4,15-11-25(22)33)47-29(33)46-28(36(38,39)40)13-19-44-17-7-18-45-35(37(41,42)43)24(3)27-10-9-23(2)26-12-16-32(5)21-34(26,27)30(48-32)49-35/h13-14,22-27,29-30H,6-12,15-21H2,1-5H3/b28-13+/t22-,23-,24-,25?,26?,27+,29-,30+,31+,32-,33+,34+,35-/m1/s1. The Bertz CT molecular complexity index is 1270. The van der Waals surface area contributed by atoms with Gasteiger partial charge in [-0.05, 0) is 114 Å². The van der Waals surface area contributed by atoms with Crippen molar-refractivity contribution in [2.24, 2.45) is 46.3 Å². The Morgan fingerprint density at radius 3 is 2.22 bits per heavy atom. The molecule has 4 bridgehead atoms. The average molecular weight is 708 g/mol. The maximum absolute atomic E-state index is 15.0. The van der Waals surface area contributed by atoms with Gasteiger partial charge in [-0.2, -0.15) is 26.3 Å². The second-order valence-electron chi connectivity index (χ2n) is 17.1. The zero-order valence-electron chi connectivity index (χ0n) is 29.4. The number of allylic oxidation sites excluding steroid dienone is 1. The third-order valence-corrected chi connectivity index (χ3v) is 14.0. The van der Waals surface area contributed by atoms with E-state index in [4.69, 9.17) is 28.4 Å². The van der Waals surface area contributed by atoms with Crippen LogP contribution in [-0.2, 0) is 28.4 Å². The predicted molar refractivity (Wildman–Crippen MR) is 166 cm³/mol. The first-order valence-corrected chi connectivity index (χ1v) is 18.5. The Balaban J connectivity index is 0.981. The normalized spacial score (nSPS) is 49.4. The highest BCUT2D eigenvalue weighted by molar-refractivity contribution is 5.17. The number of ether oxygens (including phenoxy) is 6. The summed E-state index contributed by atoms with van der Waals surface area (Å²) in [5.74, 6) is -4.06. The first-order chi connectivity index (χ1) is 22.9. The lowest BCUT2D eigenvalue weighted by molar-refractivity contribution is -0.470. The second kappa shape index (κ2) is 12.2. The molecule has 7 aliphatic rings. The van der Waals surface area contributed by atoms with Crippen molar-refractivity contribution in [3.8, 4) is 0 Å². The quantitative estimate of drug-likeness (QED) is 0.135. The number of halogens is 6. The third-order valence-electron chi connectivity index (χ3n) is 14.0. The number of hydrogen-bond acceptors (Lipinski definition) is 6. The lowest BCUT2D eigenvalue weighted by Gasteiger charge is -2.62. The van der Waals surface area contributed by atoms with Crippen LogP contribution in [0.15, 0.2) is 11.8 Å². The van der Waals surface area contributed by atoms with Crippen molar-refractivity contribution in [1.29, 1.82) is 0 Å². The first-order valence-electron chi connectivity index (χ1n) is 18.5. The summed E-state index contributed by atoms with van der Waals surface area (Å²) < 4.78 is 123. The van der Waals surface area contributed by atoms with Gasteiger partial charge in [-0.15, -0.1) is 0 Å². The summed E-state index contributed by atoms with van der Waals surface area (Å²) in [7, 11) is 0. The molecule has 0 aromatic rings. The van der Waals surface area contributed by atoms with Gasteiger partial charge in [0.05, 0.1) is 24.4 Å². The lowest BCUT2D eigenvalue weighted by Crippen LogP contribution is -2.69. The van der Waals surface area contributed by atoms with Crippen LogP contribution in [0.4, 0.5) is 26.3 Å². The van der Waals surface area contributed by atoms with E-state index in [0.29, 0.717) is 31.1 Å². The number of hydrogen-bond donors (Lipinski definition) is 0.